The van der Waals surface area contributed by atoms with Crippen molar-refractivity contribution in [2.45, 2.75) is 34.3 Å². The third-order valence-electron chi connectivity index (χ3n) is 3.75. The second-order valence-corrected chi connectivity index (χ2v) is 5.26. The molecule has 4 heteroatoms. The van der Waals surface area contributed by atoms with Crippen LogP contribution in [-0.4, -0.2) is 12.1 Å². The Morgan fingerprint density at radius 3 is 2.38 bits per heavy atom. The lowest BCUT2D eigenvalue weighted by molar-refractivity contribution is 0.295. The van der Waals surface area contributed by atoms with E-state index in [2.05, 4.69) is 4.98 Å². The lowest BCUT2D eigenvalue weighted by Gasteiger charge is -2.16. The van der Waals surface area contributed by atoms with Crippen molar-refractivity contribution in [1.82, 2.24) is 4.98 Å². The highest BCUT2D eigenvalue weighted by atomic mass is 16.5. The van der Waals surface area contributed by atoms with Crippen LogP contribution in [0.4, 0.5) is 5.69 Å². The number of rotatable bonds is 4. The lowest BCUT2D eigenvalue weighted by atomic mass is 10.1. The molecule has 112 valence electrons. The van der Waals surface area contributed by atoms with Crippen LogP contribution in [0.2, 0.25) is 0 Å². The van der Waals surface area contributed by atoms with Gasteiger partial charge in [-0.1, -0.05) is 6.07 Å². The summed E-state index contributed by atoms with van der Waals surface area (Å²) in [5.41, 5.74) is 11.6. The van der Waals surface area contributed by atoms with Gasteiger partial charge in [-0.3, -0.25) is 4.98 Å². The van der Waals surface area contributed by atoms with Crippen molar-refractivity contribution >= 4 is 5.69 Å². The molecule has 0 bridgehead atoms. The molecule has 2 rings (SSSR count). The number of pyridine rings is 1. The third-order valence-corrected chi connectivity index (χ3v) is 3.75. The number of aryl methyl sites for hydroxylation is 2. The highest BCUT2D eigenvalue weighted by molar-refractivity contribution is 5.56. The molecular weight excluding hydrogens is 264 g/mol. The summed E-state index contributed by atoms with van der Waals surface area (Å²) < 4.78 is 11.4. The minimum absolute atomic E-state index is 0.396. The van der Waals surface area contributed by atoms with Gasteiger partial charge < -0.3 is 15.2 Å². The summed E-state index contributed by atoms with van der Waals surface area (Å²) in [4.78, 5) is 4.45. The van der Waals surface area contributed by atoms with Gasteiger partial charge in [-0.05, 0) is 39.3 Å². The van der Waals surface area contributed by atoms with E-state index in [4.69, 9.17) is 15.2 Å². The molecular formula is C17H22N2O2. The van der Waals surface area contributed by atoms with E-state index in [0.717, 1.165) is 45.1 Å². The van der Waals surface area contributed by atoms with Gasteiger partial charge in [-0.25, -0.2) is 0 Å². The Labute approximate surface area is 125 Å². The molecule has 4 nitrogen and oxygen atoms in total. The van der Waals surface area contributed by atoms with Crippen molar-refractivity contribution in [3.8, 4) is 11.5 Å². The first-order valence-electron chi connectivity index (χ1n) is 6.93. The van der Waals surface area contributed by atoms with Crippen LogP contribution in [0, 0.1) is 27.7 Å². The molecule has 2 N–H and O–H groups in total. The van der Waals surface area contributed by atoms with Crippen LogP contribution in [0.15, 0.2) is 18.3 Å². The summed E-state index contributed by atoms with van der Waals surface area (Å²) in [7, 11) is 1.67. The highest BCUT2D eigenvalue weighted by Gasteiger charge is 2.12. The third kappa shape index (κ3) is 2.94. The molecule has 0 spiro atoms. The molecule has 0 atom stereocenters. The second-order valence-electron chi connectivity index (χ2n) is 5.26. The Morgan fingerprint density at radius 1 is 1.00 bits per heavy atom. The molecule has 1 aromatic carbocycles. The summed E-state index contributed by atoms with van der Waals surface area (Å²) in [5.74, 6) is 1.69. The van der Waals surface area contributed by atoms with Gasteiger partial charge >= 0.3 is 0 Å². The first-order chi connectivity index (χ1) is 9.95. The van der Waals surface area contributed by atoms with Crippen molar-refractivity contribution in [3.63, 3.8) is 0 Å². The summed E-state index contributed by atoms with van der Waals surface area (Å²) >= 11 is 0. The molecule has 2 aromatic rings. The number of ether oxygens (including phenoxy) is 2. The summed E-state index contributed by atoms with van der Waals surface area (Å²) in [6.45, 7) is 8.35. The normalized spacial score (nSPS) is 10.5. The Bertz CT molecular complexity index is 666. The van der Waals surface area contributed by atoms with Crippen LogP contribution in [0.3, 0.4) is 0 Å². The molecule has 0 radical (unpaired) electrons. The van der Waals surface area contributed by atoms with E-state index in [1.165, 1.54) is 0 Å². The van der Waals surface area contributed by atoms with Crippen LogP contribution in [0.1, 0.15) is 27.9 Å². The summed E-state index contributed by atoms with van der Waals surface area (Å²) in [6, 6.07) is 3.86. The van der Waals surface area contributed by atoms with E-state index in [-0.39, 0.29) is 0 Å². The molecule has 0 aliphatic heterocycles. The van der Waals surface area contributed by atoms with E-state index >= 15 is 0 Å². The smallest absolute Gasteiger partial charge is 0.131 e. The van der Waals surface area contributed by atoms with E-state index in [9.17, 15) is 0 Å². The maximum atomic E-state index is 5.96. The quantitative estimate of drug-likeness (QED) is 0.874. The number of hydrogen-bond acceptors (Lipinski definition) is 4. The number of anilines is 1. The van der Waals surface area contributed by atoms with Gasteiger partial charge in [0.1, 0.15) is 18.1 Å². The zero-order valence-electron chi connectivity index (χ0n) is 13.3. The summed E-state index contributed by atoms with van der Waals surface area (Å²) in [5, 5.41) is 0. The zero-order chi connectivity index (χ0) is 15.6. The number of nitrogens with two attached hydrogens (primary N) is 1. The number of nitrogen functional groups attached to an aromatic ring is 1. The van der Waals surface area contributed by atoms with Gasteiger partial charge in [0.05, 0.1) is 12.8 Å². The Kier molecular flexibility index (Phi) is 4.36. The highest BCUT2D eigenvalue weighted by Crippen LogP contribution is 2.29. The maximum Gasteiger partial charge on any atom is 0.131 e. The second kappa shape index (κ2) is 6.04. The van der Waals surface area contributed by atoms with Crippen molar-refractivity contribution in [1.29, 1.82) is 0 Å². The van der Waals surface area contributed by atoms with Crippen LogP contribution in [-0.2, 0) is 6.61 Å². The molecule has 0 aliphatic carbocycles. The molecule has 0 saturated heterocycles. The minimum Gasteiger partial charge on any atom is -0.496 e. The van der Waals surface area contributed by atoms with Gasteiger partial charge in [-0.15, -0.1) is 0 Å². The Balaban J connectivity index is 2.27. The van der Waals surface area contributed by atoms with Gasteiger partial charge in [0.25, 0.3) is 0 Å². The largest absolute Gasteiger partial charge is 0.496 e. The Hall–Kier alpha value is -2.23. The van der Waals surface area contributed by atoms with Crippen molar-refractivity contribution in [2.75, 3.05) is 12.8 Å². The molecule has 0 unspecified atom stereocenters. The average Bonchev–Trinajstić information content (AvgIpc) is 2.45. The molecule has 1 heterocycles. The van der Waals surface area contributed by atoms with E-state index in [1.807, 2.05) is 46.0 Å². The number of hydrogen-bond donors (Lipinski definition) is 1. The van der Waals surface area contributed by atoms with Gasteiger partial charge in [0, 0.05) is 28.6 Å². The van der Waals surface area contributed by atoms with E-state index < -0.39 is 0 Å². The molecule has 0 fully saturated rings. The fourth-order valence-corrected chi connectivity index (χ4v) is 2.42. The monoisotopic (exact) mass is 286 g/mol. The molecule has 21 heavy (non-hydrogen) atoms. The summed E-state index contributed by atoms with van der Waals surface area (Å²) in [6.07, 6.45) is 1.81. The van der Waals surface area contributed by atoms with Gasteiger partial charge in [0.15, 0.2) is 0 Å². The number of aromatic nitrogens is 1. The predicted molar refractivity (Wildman–Crippen MR) is 84.9 cm³/mol. The average molecular weight is 286 g/mol. The van der Waals surface area contributed by atoms with Crippen LogP contribution in [0.25, 0.3) is 0 Å². The topological polar surface area (TPSA) is 57.4 Å². The Morgan fingerprint density at radius 2 is 1.71 bits per heavy atom. The fourth-order valence-electron chi connectivity index (χ4n) is 2.42. The van der Waals surface area contributed by atoms with Crippen LogP contribution < -0.4 is 15.2 Å². The SMILES string of the molecule is COc1c(C)cnc(COc2c(C)ccc(N)c2C)c1C. The van der Waals surface area contributed by atoms with E-state index in [1.54, 1.807) is 7.11 Å². The van der Waals surface area contributed by atoms with Gasteiger partial charge in [0.2, 0.25) is 0 Å². The van der Waals surface area contributed by atoms with E-state index in [0.29, 0.717) is 6.61 Å². The van der Waals surface area contributed by atoms with Gasteiger partial charge in [-0.2, -0.15) is 0 Å². The number of benzene rings is 1. The lowest BCUT2D eigenvalue weighted by Crippen LogP contribution is -2.06. The first kappa shape index (κ1) is 15.2. The van der Waals surface area contributed by atoms with Crippen LogP contribution >= 0.6 is 0 Å². The standard InChI is InChI=1S/C17H22N2O2/c1-10-6-7-14(18)12(3)17(10)21-9-15-13(4)16(20-5)11(2)8-19-15/h6-8H,9,18H2,1-5H3. The van der Waals surface area contributed by atoms with Crippen molar-refractivity contribution in [3.05, 3.63) is 46.3 Å². The zero-order valence-corrected chi connectivity index (χ0v) is 13.3. The van der Waals surface area contributed by atoms with Crippen LogP contribution in [0.5, 0.6) is 11.5 Å². The molecule has 0 saturated carbocycles. The molecule has 0 aliphatic rings. The fraction of sp³-hybridized carbons (Fsp3) is 0.353. The number of nitrogens with zero attached hydrogens (tertiary/aromatic N) is 1. The minimum atomic E-state index is 0.396. The molecule has 0 amide bonds. The maximum absolute atomic E-state index is 5.96. The molecule has 1 aromatic heterocycles. The first-order valence-corrected chi connectivity index (χ1v) is 6.93. The van der Waals surface area contributed by atoms with Crippen molar-refractivity contribution < 1.29 is 9.47 Å². The van der Waals surface area contributed by atoms with Crippen molar-refractivity contribution in [2.24, 2.45) is 0 Å². The predicted octanol–water partition coefficient (Wildman–Crippen LogP) is 3.49. The number of methoxy groups -OCH3 is 1.